The zero-order chi connectivity index (χ0) is 20.4. The van der Waals surface area contributed by atoms with Crippen molar-refractivity contribution < 1.29 is 19.1 Å². The van der Waals surface area contributed by atoms with Gasteiger partial charge in [-0.05, 0) is 61.6 Å². The van der Waals surface area contributed by atoms with Gasteiger partial charge in [-0.1, -0.05) is 17.7 Å². The van der Waals surface area contributed by atoms with Gasteiger partial charge in [-0.15, -0.1) is 0 Å². The number of benzene rings is 2. The minimum Gasteiger partial charge on any atom is -0.491 e. The third-order valence-electron chi connectivity index (χ3n) is 3.42. The highest BCUT2D eigenvalue weighted by Crippen LogP contribution is 2.13. The Balaban J connectivity index is 1.82. The Morgan fingerprint density at radius 3 is 2.46 bits per heavy atom. The Morgan fingerprint density at radius 1 is 1.00 bits per heavy atom. The summed E-state index contributed by atoms with van der Waals surface area (Å²) in [5, 5.41) is 2.96. The van der Waals surface area contributed by atoms with Crippen LogP contribution in [0.3, 0.4) is 0 Å². The maximum atomic E-state index is 12.3. The van der Waals surface area contributed by atoms with Gasteiger partial charge < -0.3 is 9.47 Å². The molecule has 0 fully saturated rings. The Morgan fingerprint density at radius 2 is 1.75 bits per heavy atom. The molecule has 2 amide bonds. The first kappa shape index (κ1) is 21.6. The largest absolute Gasteiger partial charge is 0.491 e. The van der Waals surface area contributed by atoms with E-state index in [1.807, 2.05) is 6.92 Å². The number of hydrogen-bond acceptors (Lipinski definition) is 5. The van der Waals surface area contributed by atoms with Crippen LogP contribution < -0.4 is 20.9 Å². The lowest BCUT2D eigenvalue weighted by Gasteiger charge is -2.12. The summed E-state index contributed by atoms with van der Waals surface area (Å²) in [6.07, 6.45) is 0. The molecule has 148 valence electrons. The van der Waals surface area contributed by atoms with Gasteiger partial charge in [0.15, 0.2) is 5.11 Å². The average molecular weight is 422 g/mol. The molecule has 2 rings (SSSR count). The molecule has 0 aliphatic rings. The Hall–Kier alpha value is -2.68. The van der Waals surface area contributed by atoms with E-state index in [0.29, 0.717) is 41.7 Å². The molecule has 0 bridgehead atoms. The third-order valence-corrected chi connectivity index (χ3v) is 3.88. The van der Waals surface area contributed by atoms with Crippen LogP contribution in [0, 0.1) is 0 Å². The molecular weight excluding hydrogens is 402 g/mol. The van der Waals surface area contributed by atoms with Crippen LogP contribution in [-0.4, -0.2) is 36.7 Å². The predicted molar refractivity (Wildman–Crippen MR) is 111 cm³/mol. The summed E-state index contributed by atoms with van der Waals surface area (Å²) in [6, 6.07) is 13.0. The highest BCUT2D eigenvalue weighted by atomic mass is 35.5. The van der Waals surface area contributed by atoms with Gasteiger partial charge in [-0.25, -0.2) is 0 Å². The topological polar surface area (TPSA) is 88.7 Å². The summed E-state index contributed by atoms with van der Waals surface area (Å²) in [4.78, 5) is 24.3. The molecule has 7 nitrogen and oxygen atoms in total. The quantitative estimate of drug-likeness (QED) is 0.362. The molecular formula is C19H20ClN3O4S. The van der Waals surface area contributed by atoms with Crippen molar-refractivity contribution in [3.63, 3.8) is 0 Å². The number of thiocarbonyl (C=S) groups is 1. The number of hydrazine groups is 1. The molecule has 2 aromatic rings. The highest BCUT2D eigenvalue weighted by Gasteiger charge is 2.10. The van der Waals surface area contributed by atoms with E-state index in [0.717, 1.165) is 0 Å². The number of hydrogen-bond donors (Lipinski definition) is 3. The molecule has 0 aliphatic carbocycles. The molecule has 0 spiro atoms. The van der Waals surface area contributed by atoms with Crippen LogP contribution in [0.15, 0.2) is 48.5 Å². The summed E-state index contributed by atoms with van der Waals surface area (Å²) in [5.41, 5.74) is 5.63. The van der Waals surface area contributed by atoms with E-state index in [1.54, 1.807) is 48.5 Å². The van der Waals surface area contributed by atoms with Gasteiger partial charge in [-0.2, -0.15) is 0 Å². The van der Waals surface area contributed by atoms with Crippen LogP contribution in [0.1, 0.15) is 27.6 Å². The van der Waals surface area contributed by atoms with Crippen LogP contribution in [0.5, 0.6) is 5.75 Å². The first-order chi connectivity index (χ1) is 13.5. The number of rotatable bonds is 7. The van der Waals surface area contributed by atoms with Crippen LogP contribution in [0.2, 0.25) is 5.02 Å². The molecule has 0 aromatic heterocycles. The normalized spacial score (nSPS) is 10.1. The fraction of sp³-hybridized carbons (Fsp3) is 0.211. The van der Waals surface area contributed by atoms with Gasteiger partial charge in [0.2, 0.25) is 0 Å². The minimum absolute atomic E-state index is 0.0463. The molecule has 0 aliphatic heterocycles. The molecule has 28 heavy (non-hydrogen) atoms. The molecule has 0 atom stereocenters. The number of carbonyl (C=O) groups is 2. The van der Waals surface area contributed by atoms with Gasteiger partial charge in [-0.3, -0.25) is 25.8 Å². The van der Waals surface area contributed by atoms with E-state index in [1.165, 1.54) is 0 Å². The van der Waals surface area contributed by atoms with Gasteiger partial charge in [0.05, 0.1) is 6.61 Å². The van der Waals surface area contributed by atoms with Crippen molar-refractivity contribution in [1.29, 1.82) is 0 Å². The Kier molecular flexibility index (Phi) is 8.67. The fourth-order valence-corrected chi connectivity index (χ4v) is 2.35. The lowest BCUT2D eigenvalue weighted by molar-refractivity contribution is 0.0934. The smallest absolute Gasteiger partial charge is 0.269 e. The van der Waals surface area contributed by atoms with Crippen molar-refractivity contribution >= 4 is 40.7 Å². The maximum absolute atomic E-state index is 12.3. The van der Waals surface area contributed by atoms with Gasteiger partial charge >= 0.3 is 0 Å². The monoisotopic (exact) mass is 421 g/mol. The van der Waals surface area contributed by atoms with E-state index in [2.05, 4.69) is 16.2 Å². The van der Waals surface area contributed by atoms with E-state index in [9.17, 15) is 9.59 Å². The van der Waals surface area contributed by atoms with Gasteiger partial charge in [0, 0.05) is 22.8 Å². The molecule has 2 aromatic carbocycles. The van der Waals surface area contributed by atoms with E-state index in [-0.39, 0.29) is 5.11 Å². The lowest BCUT2D eigenvalue weighted by atomic mass is 10.2. The van der Waals surface area contributed by atoms with Crippen molar-refractivity contribution in [1.82, 2.24) is 16.2 Å². The second kappa shape index (κ2) is 11.2. The molecule has 0 saturated heterocycles. The number of halogens is 1. The fourth-order valence-electron chi connectivity index (χ4n) is 2.08. The zero-order valence-corrected chi connectivity index (χ0v) is 16.7. The number of nitrogens with one attached hydrogen (secondary N) is 3. The summed E-state index contributed by atoms with van der Waals surface area (Å²) in [7, 11) is 0. The second-order valence-electron chi connectivity index (χ2n) is 5.44. The van der Waals surface area contributed by atoms with Crippen molar-refractivity contribution in [2.75, 3.05) is 19.8 Å². The number of amides is 2. The summed E-state index contributed by atoms with van der Waals surface area (Å²) < 4.78 is 10.7. The summed E-state index contributed by atoms with van der Waals surface area (Å²) >= 11 is 10.8. The minimum atomic E-state index is -0.437. The van der Waals surface area contributed by atoms with Crippen molar-refractivity contribution in [3.05, 3.63) is 64.7 Å². The van der Waals surface area contributed by atoms with Crippen molar-refractivity contribution in [3.8, 4) is 5.75 Å². The van der Waals surface area contributed by atoms with Crippen LogP contribution in [0.25, 0.3) is 0 Å². The first-order valence-electron chi connectivity index (χ1n) is 8.47. The standard InChI is InChI=1S/C19H20ClN3O4S/c1-2-26-10-11-27-16-5-3-4-14(12-16)17(24)21-19(28)23-22-18(25)13-6-8-15(20)9-7-13/h3-9,12H,2,10-11H2,1H3,(H,22,25)(H2,21,23,24,28). The first-order valence-corrected chi connectivity index (χ1v) is 9.26. The van der Waals surface area contributed by atoms with Crippen LogP contribution >= 0.6 is 23.8 Å². The number of ether oxygens (including phenoxy) is 2. The second-order valence-corrected chi connectivity index (χ2v) is 6.29. The van der Waals surface area contributed by atoms with Crippen molar-refractivity contribution in [2.24, 2.45) is 0 Å². The average Bonchev–Trinajstić information content (AvgIpc) is 2.70. The predicted octanol–water partition coefficient (Wildman–Crippen LogP) is 2.70. The van der Waals surface area contributed by atoms with E-state index >= 15 is 0 Å². The molecule has 0 radical (unpaired) electrons. The Bertz CT molecular complexity index is 830. The zero-order valence-electron chi connectivity index (χ0n) is 15.2. The van der Waals surface area contributed by atoms with E-state index < -0.39 is 11.8 Å². The van der Waals surface area contributed by atoms with Crippen LogP contribution in [-0.2, 0) is 4.74 Å². The van der Waals surface area contributed by atoms with Crippen LogP contribution in [0.4, 0.5) is 0 Å². The van der Waals surface area contributed by atoms with Gasteiger partial charge in [0.25, 0.3) is 11.8 Å². The van der Waals surface area contributed by atoms with Gasteiger partial charge in [0.1, 0.15) is 12.4 Å². The molecule has 0 saturated carbocycles. The molecule has 9 heteroatoms. The molecule has 0 unspecified atom stereocenters. The Labute approximate surface area is 173 Å². The van der Waals surface area contributed by atoms with E-state index in [4.69, 9.17) is 33.3 Å². The van der Waals surface area contributed by atoms with Crippen molar-refractivity contribution in [2.45, 2.75) is 6.92 Å². The summed E-state index contributed by atoms with van der Waals surface area (Å²) in [6.45, 7) is 3.37. The maximum Gasteiger partial charge on any atom is 0.269 e. The SMILES string of the molecule is CCOCCOc1cccc(C(=O)NC(=S)NNC(=O)c2ccc(Cl)cc2)c1. The third kappa shape index (κ3) is 7.15. The molecule has 3 N–H and O–H groups in total. The summed E-state index contributed by atoms with van der Waals surface area (Å²) in [5.74, 6) is -0.311. The molecule has 0 heterocycles. The lowest BCUT2D eigenvalue weighted by Crippen LogP contribution is -2.48. The highest BCUT2D eigenvalue weighted by molar-refractivity contribution is 7.80. The number of carbonyl (C=O) groups excluding carboxylic acids is 2.